The molecule has 1 atom stereocenters. The molecule has 0 saturated carbocycles. The predicted molar refractivity (Wildman–Crippen MR) is 152 cm³/mol. The monoisotopic (exact) mass is 569 g/mol. The van der Waals surface area contributed by atoms with Crippen molar-refractivity contribution in [2.45, 2.75) is 72.0 Å². The van der Waals surface area contributed by atoms with Crippen molar-refractivity contribution in [1.29, 1.82) is 0 Å². The molecule has 0 unspecified atom stereocenters. The molecule has 0 aromatic heterocycles. The molecule has 2 rings (SSSR count). The van der Waals surface area contributed by atoms with Gasteiger partial charge in [0.1, 0.15) is 12.6 Å². The zero-order valence-electron chi connectivity index (χ0n) is 22.5. The van der Waals surface area contributed by atoms with E-state index in [-0.39, 0.29) is 18.4 Å². The first-order chi connectivity index (χ1) is 17.0. The summed E-state index contributed by atoms with van der Waals surface area (Å²) in [6.07, 6.45) is 1.35. The SMILES string of the molecule is CC[C@@H](C(=O)NC(C)(C)C)N(Cc1c(Cl)cccc1Cl)C(=O)CN(c1ccc(C(C)C)cc1)S(C)(=O)=O. The van der Waals surface area contributed by atoms with Gasteiger partial charge in [0.15, 0.2) is 0 Å². The van der Waals surface area contributed by atoms with Crippen LogP contribution in [0, 0.1) is 0 Å². The van der Waals surface area contributed by atoms with Crippen molar-refractivity contribution in [3.8, 4) is 0 Å². The Morgan fingerprint density at radius 3 is 1.97 bits per heavy atom. The van der Waals surface area contributed by atoms with E-state index in [0.717, 1.165) is 16.1 Å². The van der Waals surface area contributed by atoms with Crippen LogP contribution in [0.4, 0.5) is 5.69 Å². The van der Waals surface area contributed by atoms with E-state index in [1.165, 1.54) is 4.90 Å². The van der Waals surface area contributed by atoms with Gasteiger partial charge in [-0.15, -0.1) is 0 Å². The van der Waals surface area contributed by atoms with Gasteiger partial charge >= 0.3 is 0 Å². The van der Waals surface area contributed by atoms with Crippen molar-refractivity contribution in [2.24, 2.45) is 0 Å². The molecule has 37 heavy (non-hydrogen) atoms. The number of carbonyl (C=O) groups is 2. The summed E-state index contributed by atoms with van der Waals surface area (Å²) in [5.41, 5.74) is 1.36. The van der Waals surface area contributed by atoms with E-state index in [4.69, 9.17) is 23.2 Å². The van der Waals surface area contributed by atoms with Gasteiger partial charge in [-0.2, -0.15) is 0 Å². The Bertz CT molecular complexity index is 1190. The first-order valence-electron chi connectivity index (χ1n) is 12.2. The molecule has 0 aliphatic rings. The highest BCUT2D eigenvalue weighted by atomic mass is 35.5. The van der Waals surface area contributed by atoms with Gasteiger partial charge in [0.25, 0.3) is 0 Å². The largest absolute Gasteiger partial charge is 0.350 e. The molecule has 2 aromatic rings. The fourth-order valence-electron chi connectivity index (χ4n) is 3.87. The topological polar surface area (TPSA) is 86.8 Å². The van der Waals surface area contributed by atoms with E-state index in [9.17, 15) is 18.0 Å². The maximum Gasteiger partial charge on any atom is 0.244 e. The van der Waals surface area contributed by atoms with Gasteiger partial charge in [-0.3, -0.25) is 13.9 Å². The van der Waals surface area contributed by atoms with Crippen molar-refractivity contribution < 1.29 is 18.0 Å². The fraction of sp³-hybridized carbons (Fsp3) is 0.481. The minimum Gasteiger partial charge on any atom is -0.350 e. The Morgan fingerprint density at radius 1 is 1.00 bits per heavy atom. The molecule has 0 saturated heterocycles. The van der Waals surface area contributed by atoms with Crippen LogP contribution in [-0.4, -0.2) is 49.5 Å². The molecule has 1 N–H and O–H groups in total. The minimum absolute atomic E-state index is 0.0582. The lowest BCUT2D eigenvalue weighted by molar-refractivity contribution is -0.141. The second-order valence-corrected chi connectivity index (χ2v) is 13.1. The third kappa shape index (κ3) is 8.62. The summed E-state index contributed by atoms with van der Waals surface area (Å²) in [4.78, 5) is 28.4. The summed E-state index contributed by atoms with van der Waals surface area (Å²) in [5, 5.41) is 3.62. The van der Waals surface area contributed by atoms with E-state index in [2.05, 4.69) is 5.32 Å². The zero-order valence-corrected chi connectivity index (χ0v) is 24.8. The molecule has 0 fully saturated rings. The number of halogens is 2. The number of carbonyl (C=O) groups excluding carboxylic acids is 2. The second kappa shape index (κ2) is 12.5. The van der Waals surface area contributed by atoms with E-state index in [0.29, 0.717) is 27.7 Å². The van der Waals surface area contributed by atoms with E-state index < -0.39 is 34.1 Å². The third-order valence-electron chi connectivity index (χ3n) is 5.80. The van der Waals surface area contributed by atoms with Gasteiger partial charge in [-0.25, -0.2) is 8.42 Å². The number of hydrogen-bond acceptors (Lipinski definition) is 4. The lowest BCUT2D eigenvalue weighted by atomic mass is 10.0. The van der Waals surface area contributed by atoms with Crippen molar-refractivity contribution >= 4 is 50.7 Å². The van der Waals surface area contributed by atoms with Crippen LogP contribution in [0.1, 0.15) is 65.0 Å². The standard InChI is InChI=1S/C27H37Cl2N3O4S/c1-8-24(26(34)30-27(4,5)6)31(16-21-22(28)10-9-11-23(21)29)25(33)17-32(37(7,35)36)20-14-12-19(13-15-20)18(2)3/h9-15,18,24H,8,16-17H2,1-7H3,(H,30,34)/t24-/m0/s1. The Labute approximate surface area is 231 Å². The number of anilines is 1. The van der Waals surface area contributed by atoms with Crippen LogP contribution >= 0.6 is 23.2 Å². The highest BCUT2D eigenvalue weighted by Crippen LogP contribution is 2.28. The first-order valence-corrected chi connectivity index (χ1v) is 14.8. The first kappa shape index (κ1) is 30.9. The van der Waals surface area contributed by atoms with Gasteiger partial charge in [0.2, 0.25) is 21.8 Å². The molecule has 0 radical (unpaired) electrons. The van der Waals surface area contributed by atoms with E-state index in [1.54, 1.807) is 37.3 Å². The average molecular weight is 571 g/mol. The van der Waals surface area contributed by atoms with Crippen LogP contribution in [0.3, 0.4) is 0 Å². The van der Waals surface area contributed by atoms with Gasteiger partial charge in [0.05, 0.1) is 11.9 Å². The summed E-state index contributed by atoms with van der Waals surface area (Å²) in [5.74, 6) is -0.631. The minimum atomic E-state index is -3.82. The highest BCUT2D eigenvalue weighted by molar-refractivity contribution is 7.92. The second-order valence-electron chi connectivity index (χ2n) is 10.4. The number of benzene rings is 2. The molecule has 2 aromatic carbocycles. The zero-order chi connectivity index (χ0) is 28.1. The molecule has 7 nitrogen and oxygen atoms in total. The summed E-state index contributed by atoms with van der Waals surface area (Å²) in [6.45, 7) is 10.9. The molecule has 10 heteroatoms. The van der Waals surface area contributed by atoms with Gasteiger partial charge in [-0.05, 0) is 62.9 Å². The molecular weight excluding hydrogens is 533 g/mol. The Kier molecular flexibility index (Phi) is 10.5. The van der Waals surface area contributed by atoms with Crippen LogP contribution in [0.15, 0.2) is 42.5 Å². The van der Waals surface area contributed by atoms with Crippen molar-refractivity contribution in [2.75, 3.05) is 17.1 Å². The van der Waals surface area contributed by atoms with Crippen molar-refractivity contribution in [1.82, 2.24) is 10.2 Å². The van der Waals surface area contributed by atoms with Gasteiger partial charge in [0, 0.05) is 27.7 Å². The maximum absolute atomic E-state index is 13.8. The number of sulfonamides is 1. The summed E-state index contributed by atoms with van der Waals surface area (Å²) in [7, 11) is -3.82. The Balaban J connectivity index is 2.51. The Morgan fingerprint density at radius 2 is 1.54 bits per heavy atom. The van der Waals surface area contributed by atoms with Crippen molar-refractivity contribution in [3.63, 3.8) is 0 Å². The third-order valence-corrected chi connectivity index (χ3v) is 7.65. The molecule has 0 aliphatic carbocycles. The van der Waals surface area contributed by atoms with Gasteiger partial charge < -0.3 is 10.2 Å². The normalized spacial score (nSPS) is 12.8. The molecule has 0 heterocycles. The van der Waals surface area contributed by atoms with Crippen LogP contribution in [0.5, 0.6) is 0 Å². The van der Waals surface area contributed by atoms with E-state index >= 15 is 0 Å². The maximum atomic E-state index is 13.8. The number of nitrogens with zero attached hydrogens (tertiary/aromatic N) is 2. The lowest BCUT2D eigenvalue weighted by Crippen LogP contribution is -2.55. The van der Waals surface area contributed by atoms with Crippen LogP contribution in [-0.2, 0) is 26.2 Å². The van der Waals surface area contributed by atoms with Crippen LogP contribution < -0.4 is 9.62 Å². The Hall–Kier alpha value is -2.29. The number of nitrogens with one attached hydrogen (secondary N) is 1. The van der Waals surface area contributed by atoms with Gasteiger partial charge in [-0.1, -0.05) is 62.2 Å². The summed E-state index contributed by atoms with van der Waals surface area (Å²) < 4.78 is 26.6. The molecule has 0 bridgehead atoms. The van der Waals surface area contributed by atoms with Crippen molar-refractivity contribution in [3.05, 3.63) is 63.6 Å². The number of amides is 2. The predicted octanol–water partition coefficient (Wildman–Crippen LogP) is 5.60. The lowest BCUT2D eigenvalue weighted by Gasteiger charge is -2.34. The molecule has 2 amide bonds. The van der Waals surface area contributed by atoms with Crippen LogP contribution in [0.2, 0.25) is 10.0 Å². The molecule has 0 spiro atoms. The molecule has 0 aliphatic heterocycles. The summed E-state index contributed by atoms with van der Waals surface area (Å²) >= 11 is 12.8. The highest BCUT2D eigenvalue weighted by Gasteiger charge is 2.33. The number of hydrogen-bond donors (Lipinski definition) is 1. The number of rotatable bonds is 10. The average Bonchev–Trinajstić information content (AvgIpc) is 2.77. The fourth-order valence-corrected chi connectivity index (χ4v) is 5.23. The summed E-state index contributed by atoms with van der Waals surface area (Å²) in [6, 6.07) is 11.2. The smallest absolute Gasteiger partial charge is 0.244 e. The quantitative estimate of drug-likeness (QED) is 0.403. The van der Waals surface area contributed by atoms with E-state index in [1.807, 2.05) is 46.8 Å². The van der Waals surface area contributed by atoms with Crippen LogP contribution in [0.25, 0.3) is 0 Å². The molecule has 204 valence electrons. The molecular formula is C27H37Cl2N3O4S.